The van der Waals surface area contributed by atoms with Crippen molar-refractivity contribution >= 4 is 0 Å². The number of hydrogen-bond acceptors (Lipinski definition) is 3. The molecule has 4 unspecified atom stereocenters. The van der Waals surface area contributed by atoms with Gasteiger partial charge in [0.25, 0.3) is 0 Å². The van der Waals surface area contributed by atoms with Crippen molar-refractivity contribution in [3.05, 3.63) is 23.8 Å². The first-order valence-corrected chi connectivity index (χ1v) is 8.35. The molecular weight excluding hydrogens is 262 g/mol. The Morgan fingerprint density at radius 1 is 1.33 bits per heavy atom. The van der Waals surface area contributed by atoms with E-state index in [1.54, 1.807) is 6.07 Å². The van der Waals surface area contributed by atoms with E-state index in [0.717, 1.165) is 24.3 Å². The Bertz CT molecular complexity index is 488. The summed E-state index contributed by atoms with van der Waals surface area (Å²) in [4.78, 5) is 0. The predicted molar refractivity (Wildman–Crippen MR) is 84.5 cm³/mol. The number of ether oxygens (including phenoxy) is 1. The molecule has 3 heteroatoms. The number of benzene rings is 1. The summed E-state index contributed by atoms with van der Waals surface area (Å²) < 4.78 is 5.45. The number of fused-ring (bicyclic) bond motifs is 2. The quantitative estimate of drug-likeness (QED) is 0.839. The maximum atomic E-state index is 9.74. The molecule has 2 N–H and O–H groups in total. The average Bonchev–Trinajstić information content (AvgIpc) is 3.11. The normalized spacial score (nSPS) is 28.8. The highest BCUT2D eigenvalue weighted by atomic mass is 16.5. The smallest absolute Gasteiger partial charge is 0.161 e. The Kier molecular flexibility index (Phi) is 4.39. The number of phenols is 1. The van der Waals surface area contributed by atoms with Crippen LogP contribution in [0.25, 0.3) is 0 Å². The van der Waals surface area contributed by atoms with Crippen molar-refractivity contribution in [3.8, 4) is 11.5 Å². The molecule has 4 atom stereocenters. The van der Waals surface area contributed by atoms with Gasteiger partial charge in [-0.05, 0) is 68.6 Å². The zero-order valence-electron chi connectivity index (χ0n) is 13.1. The lowest BCUT2D eigenvalue weighted by Gasteiger charge is -2.28. The monoisotopic (exact) mass is 289 g/mol. The van der Waals surface area contributed by atoms with Gasteiger partial charge in [-0.1, -0.05) is 12.5 Å². The van der Waals surface area contributed by atoms with Crippen LogP contribution in [0.5, 0.6) is 11.5 Å². The largest absolute Gasteiger partial charge is 0.504 e. The van der Waals surface area contributed by atoms with Crippen molar-refractivity contribution in [1.29, 1.82) is 0 Å². The minimum Gasteiger partial charge on any atom is -0.504 e. The van der Waals surface area contributed by atoms with Gasteiger partial charge in [0.2, 0.25) is 0 Å². The molecule has 2 aliphatic carbocycles. The van der Waals surface area contributed by atoms with Gasteiger partial charge in [0, 0.05) is 12.6 Å². The van der Waals surface area contributed by atoms with Gasteiger partial charge in [-0.15, -0.1) is 0 Å². The Balaban J connectivity index is 1.56. The maximum absolute atomic E-state index is 9.74. The van der Waals surface area contributed by atoms with Crippen molar-refractivity contribution in [1.82, 2.24) is 5.32 Å². The molecule has 2 aliphatic rings. The van der Waals surface area contributed by atoms with Crippen molar-refractivity contribution in [3.63, 3.8) is 0 Å². The first-order chi connectivity index (χ1) is 10.2. The van der Waals surface area contributed by atoms with Gasteiger partial charge >= 0.3 is 0 Å². The lowest BCUT2D eigenvalue weighted by Crippen LogP contribution is -2.35. The molecule has 21 heavy (non-hydrogen) atoms. The number of hydrogen-bond donors (Lipinski definition) is 2. The fourth-order valence-electron chi connectivity index (χ4n) is 4.28. The third-order valence-electron chi connectivity index (χ3n) is 5.39. The highest BCUT2D eigenvalue weighted by Gasteiger charge is 2.41. The second-order valence-corrected chi connectivity index (χ2v) is 6.74. The first kappa shape index (κ1) is 14.7. The summed E-state index contributed by atoms with van der Waals surface area (Å²) >= 11 is 0. The topological polar surface area (TPSA) is 41.5 Å². The van der Waals surface area contributed by atoms with Crippen LogP contribution in [0, 0.1) is 17.8 Å². The summed E-state index contributed by atoms with van der Waals surface area (Å²) in [6.45, 7) is 5.68. The molecule has 0 saturated heterocycles. The summed E-state index contributed by atoms with van der Waals surface area (Å²) in [6, 6.07) is 6.21. The van der Waals surface area contributed by atoms with Crippen LogP contribution < -0.4 is 10.1 Å². The van der Waals surface area contributed by atoms with Gasteiger partial charge in [0.1, 0.15) is 0 Å². The number of phenolic OH excluding ortho intramolecular Hbond substituents is 1. The van der Waals surface area contributed by atoms with Crippen LogP contribution >= 0.6 is 0 Å². The van der Waals surface area contributed by atoms with E-state index in [4.69, 9.17) is 4.74 Å². The molecule has 0 heterocycles. The van der Waals surface area contributed by atoms with Crippen LogP contribution in [-0.4, -0.2) is 17.8 Å². The van der Waals surface area contributed by atoms with Gasteiger partial charge in [-0.2, -0.15) is 0 Å². The minimum atomic E-state index is 0.224. The van der Waals surface area contributed by atoms with Crippen LogP contribution in [0.15, 0.2) is 18.2 Å². The van der Waals surface area contributed by atoms with Crippen LogP contribution in [0.3, 0.4) is 0 Å². The Labute approximate surface area is 127 Å². The van der Waals surface area contributed by atoms with E-state index in [1.165, 1.54) is 31.2 Å². The van der Waals surface area contributed by atoms with Crippen molar-refractivity contribution in [2.45, 2.75) is 52.1 Å². The minimum absolute atomic E-state index is 0.224. The zero-order valence-corrected chi connectivity index (χ0v) is 13.1. The number of rotatable bonds is 6. The molecule has 0 amide bonds. The molecule has 0 aliphatic heterocycles. The van der Waals surface area contributed by atoms with Gasteiger partial charge in [-0.3, -0.25) is 0 Å². The van der Waals surface area contributed by atoms with Gasteiger partial charge in [0.15, 0.2) is 11.5 Å². The molecule has 2 saturated carbocycles. The molecule has 0 radical (unpaired) electrons. The van der Waals surface area contributed by atoms with Crippen molar-refractivity contribution in [2.24, 2.45) is 17.8 Å². The van der Waals surface area contributed by atoms with Crippen LogP contribution in [0.2, 0.25) is 0 Å². The molecule has 2 bridgehead atoms. The second kappa shape index (κ2) is 6.27. The summed E-state index contributed by atoms with van der Waals surface area (Å²) in [5, 5.41) is 13.4. The molecule has 116 valence electrons. The summed E-state index contributed by atoms with van der Waals surface area (Å²) in [5.41, 5.74) is 1.17. The Morgan fingerprint density at radius 3 is 2.86 bits per heavy atom. The van der Waals surface area contributed by atoms with E-state index in [1.807, 2.05) is 19.1 Å². The van der Waals surface area contributed by atoms with Crippen LogP contribution in [0.1, 0.15) is 45.1 Å². The van der Waals surface area contributed by atoms with Crippen molar-refractivity contribution < 1.29 is 9.84 Å². The summed E-state index contributed by atoms with van der Waals surface area (Å²) in [6.07, 6.45) is 5.78. The van der Waals surface area contributed by atoms with E-state index < -0.39 is 0 Å². The predicted octanol–water partition coefficient (Wildman–Crippen LogP) is 3.71. The molecule has 0 aromatic heterocycles. The number of aromatic hydroxyl groups is 1. The van der Waals surface area contributed by atoms with E-state index in [9.17, 15) is 5.11 Å². The second-order valence-electron chi connectivity index (χ2n) is 6.74. The van der Waals surface area contributed by atoms with Crippen LogP contribution in [-0.2, 0) is 6.54 Å². The SMILES string of the molecule is CCOc1cc(CNC(C)C2CC3CCC2C3)ccc1O. The third-order valence-corrected chi connectivity index (χ3v) is 5.39. The third kappa shape index (κ3) is 3.18. The standard InChI is InChI=1S/C18H27NO2/c1-3-21-18-10-14(5-7-17(18)20)11-19-12(2)16-9-13-4-6-15(16)8-13/h5,7,10,12-13,15-16,19-20H,3-4,6,8-9,11H2,1-2H3. The molecule has 2 fully saturated rings. The highest BCUT2D eigenvalue weighted by Crippen LogP contribution is 2.49. The molecule has 3 rings (SSSR count). The average molecular weight is 289 g/mol. The molecule has 3 nitrogen and oxygen atoms in total. The zero-order chi connectivity index (χ0) is 14.8. The van der Waals surface area contributed by atoms with Gasteiger partial charge < -0.3 is 15.2 Å². The fourth-order valence-corrected chi connectivity index (χ4v) is 4.28. The highest BCUT2D eigenvalue weighted by molar-refractivity contribution is 5.41. The molecule has 1 aromatic carbocycles. The molecule has 1 aromatic rings. The van der Waals surface area contributed by atoms with E-state index in [2.05, 4.69) is 12.2 Å². The maximum Gasteiger partial charge on any atom is 0.161 e. The summed E-state index contributed by atoms with van der Waals surface area (Å²) in [7, 11) is 0. The summed E-state index contributed by atoms with van der Waals surface area (Å²) in [5.74, 6) is 3.62. The first-order valence-electron chi connectivity index (χ1n) is 8.35. The van der Waals surface area contributed by atoms with Crippen molar-refractivity contribution in [2.75, 3.05) is 6.61 Å². The lowest BCUT2D eigenvalue weighted by molar-refractivity contribution is 0.259. The Morgan fingerprint density at radius 2 is 2.19 bits per heavy atom. The Hall–Kier alpha value is -1.22. The van der Waals surface area contributed by atoms with E-state index >= 15 is 0 Å². The fraction of sp³-hybridized carbons (Fsp3) is 0.667. The van der Waals surface area contributed by atoms with E-state index in [-0.39, 0.29) is 5.75 Å². The molecular formula is C18H27NO2. The number of nitrogens with one attached hydrogen (secondary N) is 1. The van der Waals surface area contributed by atoms with Gasteiger partial charge in [0.05, 0.1) is 6.61 Å². The van der Waals surface area contributed by atoms with Gasteiger partial charge in [-0.25, -0.2) is 0 Å². The van der Waals surface area contributed by atoms with Crippen LogP contribution in [0.4, 0.5) is 0 Å². The lowest BCUT2D eigenvalue weighted by atomic mass is 9.84. The van der Waals surface area contributed by atoms with E-state index in [0.29, 0.717) is 18.4 Å². The molecule has 0 spiro atoms.